The van der Waals surface area contributed by atoms with E-state index in [1.54, 1.807) is 0 Å². The molecule has 132 valence electrons. The average molecular weight is 334 g/mol. The van der Waals surface area contributed by atoms with Crippen LogP contribution in [0.2, 0.25) is 0 Å². The Balaban J connectivity index is 1.96. The molecule has 0 amide bonds. The topological polar surface area (TPSA) is 101 Å². The maximum atomic E-state index is 11.5. The number of nitrogens with zero attached hydrogens (tertiary/aromatic N) is 5. The van der Waals surface area contributed by atoms with Gasteiger partial charge in [0.15, 0.2) is 0 Å². The quantitative estimate of drug-likeness (QED) is 0.669. The molecule has 3 rings (SSSR count). The summed E-state index contributed by atoms with van der Waals surface area (Å²) < 4.78 is 0. The Labute approximate surface area is 142 Å². The monoisotopic (exact) mass is 334 g/mol. The van der Waals surface area contributed by atoms with Crippen molar-refractivity contribution in [3.8, 4) is 0 Å². The van der Waals surface area contributed by atoms with Crippen LogP contribution in [0.1, 0.15) is 39.5 Å². The molecule has 0 radical (unpaired) electrons. The van der Waals surface area contributed by atoms with Crippen LogP contribution in [-0.2, 0) is 0 Å². The van der Waals surface area contributed by atoms with Crippen molar-refractivity contribution in [2.24, 2.45) is 11.8 Å². The summed E-state index contributed by atoms with van der Waals surface area (Å²) in [5.41, 5.74) is 5.80. The second-order valence-electron chi connectivity index (χ2n) is 7.20. The summed E-state index contributed by atoms with van der Waals surface area (Å²) in [6.07, 6.45) is 4.29. The van der Waals surface area contributed by atoms with E-state index in [0.717, 1.165) is 45.4 Å². The Hall–Kier alpha value is -2.12. The summed E-state index contributed by atoms with van der Waals surface area (Å²) in [6, 6.07) is 0. The van der Waals surface area contributed by atoms with E-state index >= 15 is 0 Å². The van der Waals surface area contributed by atoms with Gasteiger partial charge in [0.1, 0.15) is 0 Å². The zero-order valence-electron chi connectivity index (χ0n) is 14.4. The Morgan fingerprint density at radius 2 is 1.79 bits per heavy atom. The van der Waals surface area contributed by atoms with Crippen molar-refractivity contribution in [3.63, 3.8) is 0 Å². The second kappa shape index (κ2) is 6.78. The van der Waals surface area contributed by atoms with Gasteiger partial charge in [0.2, 0.25) is 17.6 Å². The minimum atomic E-state index is -0.453. The molecule has 8 heteroatoms. The first-order valence-corrected chi connectivity index (χ1v) is 8.77. The summed E-state index contributed by atoms with van der Waals surface area (Å²) >= 11 is 0. The molecule has 1 aromatic rings. The third-order valence-electron chi connectivity index (χ3n) is 5.09. The number of hydrogen-bond acceptors (Lipinski definition) is 7. The molecule has 2 aliphatic rings. The van der Waals surface area contributed by atoms with Crippen molar-refractivity contribution >= 4 is 23.3 Å². The van der Waals surface area contributed by atoms with Crippen LogP contribution >= 0.6 is 0 Å². The maximum absolute atomic E-state index is 11.5. The van der Waals surface area contributed by atoms with E-state index in [9.17, 15) is 10.1 Å². The zero-order valence-corrected chi connectivity index (χ0v) is 14.4. The van der Waals surface area contributed by atoms with E-state index in [2.05, 4.69) is 28.7 Å². The Kier molecular flexibility index (Phi) is 4.73. The van der Waals surface area contributed by atoms with Crippen molar-refractivity contribution in [3.05, 3.63) is 10.1 Å². The van der Waals surface area contributed by atoms with E-state index < -0.39 is 4.92 Å². The first-order valence-electron chi connectivity index (χ1n) is 8.77. The standard InChI is InChI=1S/C16H26N6O2/c1-11-5-8-20(9-6-11)15-13(22(23)24)14(17)18-16(19-15)21-7-3-4-12(2)10-21/h11-12H,3-10H2,1-2H3,(H2,17,18,19)/t12-/m0/s1. The molecule has 2 saturated heterocycles. The van der Waals surface area contributed by atoms with Crippen LogP contribution in [0.5, 0.6) is 0 Å². The van der Waals surface area contributed by atoms with Gasteiger partial charge < -0.3 is 15.5 Å². The summed E-state index contributed by atoms with van der Waals surface area (Å²) in [5.74, 6) is 2.09. The lowest BCUT2D eigenvalue weighted by atomic mass is 9.99. The molecule has 8 nitrogen and oxygen atoms in total. The summed E-state index contributed by atoms with van der Waals surface area (Å²) in [4.78, 5) is 24.0. The lowest BCUT2D eigenvalue weighted by Crippen LogP contribution is -2.37. The lowest BCUT2D eigenvalue weighted by Gasteiger charge is -2.33. The molecule has 2 fully saturated rings. The lowest BCUT2D eigenvalue weighted by molar-refractivity contribution is -0.383. The molecule has 2 aliphatic heterocycles. The van der Waals surface area contributed by atoms with Crippen molar-refractivity contribution in [2.75, 3.05) is 41.7 Å². The van der Waals surface area contributed by atoms with Crippen molar-refractivity contribution in [1.29, 1.82) is 0 Å². The molecule has 0 bridgehead atoms. The second-order valence-corrected chi connectivity index (χ2v) is 7.20. The smallest absolute Gasteiger partial charge is 0.353 e. The van der Waals surface area contributed by atoms with Gasteiger partial charge in [0.05, 0.1) is 4.92 Å². The molecule has 3 heterocycles. The fourth-order valence-corrected chi connectivity index (χ4v) is 3.58. The van der Waals surface area contributed by atoms with Gasteiger partial charge in [-0.05, 0) is 37.5 Å². The van der Waals surface area contributed by atoms with Crippen molar-refractivity contribution in [1.82, 2.24) is 9.97 Å². The van der Waals surface area contributed by atoms with Crippen molar-refractivity contribution in [2.45, 2.75) is 39.5 Å². The first kappa shape index (κ1) is 16.7. The number of anilines is 3. The molecule has 0 aromatic carbocycles. The number of nitrogens with two attached hydrogens (primary N) is 1. The van der Waals surface area contributed by atoms with E-state index in [-0.39, 0.29) is 11.5 Å². The normalized spacial score (nSPS) is 22.7. The van der Waals surface area contributed by atoms with Crippen LogP contribution in [0.4, 0.5) is 23.3 Å². The van der Waals surface area contributed by atoms with Gasteiger partial charge in [-0.1, -0.05) is 13.8 Å². The molecule has 1 aromatic heterocycles. The number of piperidine rings is 2. The molecule has 2 N–H and O–H groups in total. The highest BCUT2D eigenvalue weighted by Gasteiger charge is 2.31. The molecule has 0 saturated carbocycles. The number of nitrogen functional groups attached to an aromatic ring is 1. The van der Waals surface area contributed by atoms with E-state index in [1.165, 1.54) is 6.42 Å². The molecular formula is C16H26N6O2. The molecule has 1 atom stereocenters. The highest BCUT2D eigenvalue weighted by molar-refractivity contribution is 5.71. The SMILES string of the molecule is CC1CCN(c2nc(N3CCC[C@H](C)C3)nc(N)c2[N+](=O)[O-])CC1. The van der Waals surface area contributed by atoms with Gasteiger partial charge in [-0.15, -0.1) is 0 Å². The number of rotatable bonds is 3. The van der Waals surface area contributed by atoms with E-state index in [0.29, 0.717) is 23.6 Å². The number of nitro groups is 1. The van der Waals surface area contributed by atoms with E-state index in [1.807, 2.05) is 4.90 Å². The Morgan fingerprint density at radius 3 is 2.42 bits per heavy atom. The van der Waals surface area contributed by atoms with Crippen LogP contribution in [0.15, 0.2) is 0 Å². The van der Waals surface area contributed by atoms with Gasteiger partial charge >= 0.3 is 5.69 Å². The largest absolute Gasteiger partial charge is 0.378 e. The number of aromatic nitrogens is 2. The summed E-state index contributed by atoms with van der Waals surface area (Å²) in [7, 11) is 0. The van der Waals surface area contributed by atoms with Crippen LogP contribution in [-0.4, -0.2) is 41.1 Å². The maximum Gasteiger partial charge on any atom is 0.353 e. The van der Waals surface area contributed by atoms with Crippen LogP contribution in [0.3, 0.4) is 0 Å². The predicted octanol–water partition coefficient (Wildman–Crippen LogP) is 2.44. The highest BCUT2D eigenvalue weighted by Crippen LogP contribution is 2.35. The molecule has 0 aliphatic carbocycles. The first-order chi connectivity index (χ1) is 11.5. The molecule has 0 spiro atoms. The van der Waals surface area contributed by atoms with E-state index in [4.69, 9.17) is 5.73 Å². The number of hydrogen-bond donors (Lipinski definition) is 1. The fourth-order valence-electron chi connectivity index (χ4n) is 3.58. The summed E-state index contributed by atoms with van der Waals surface area (Å²) in [6.45, 7) is 7.70. The van der Waals surface area contributed by atoms with Crippen LogP contribution in [0, 0.1) is 22.0 Å². The third-order valence-corrected chi connectivity index (χ3v) is 5.09. The predicted molar refractivity (Wildman–Crippen MR) is 94.3 cm³/mol. The molecular weight excluding hydrogens is 308 g/mol. The summed E-state index contributed by atoms with van der Waals surface area (Å²) in [5, 5.41) is 11.5. The highest BCUT2D eigenvalue weighted by atomic mass is 16.6. The van der Waals surface area contributed by atoms with Crippen LogP contribution < -0.4 is 15.5 Å². The van der Waals surface area contributed by atoms with Gasteiger partial charge in [-0.25, -0.2) is 0 Å². The van der Waals surface area contributed by atoms with Gasteiger partial charge in [-0.2, -0.15) is 9.97 Å². The van der Waals surface area contributed by atoms with Crippen LogP contribution in [0.25, 0.3) is 0 Å². The van der Waals surface area contributed by atoms with Gasteiger partial charge in [0, 0.05) is 26.2 Å². The zero-order chi connectivity index (χ0) is 17.3. The van der Waals surface area contributed by atoms with Gasteiger partial charge in [-0.3, -0.25) is 10.1 Å². The third kappa shape index (κ3) is 3.37. The minimum absolute atomic E-state index is 0.0307. The Bertz CT molecular complexity index is 615. The minimum Gasteiger partial charge on any atom is -0.378 e. The molecule has 24 heavy (non-hydrogen) atoms. The molecule has 0 unspecified atom stereocenters. The van der Waals surface area contributed by atoms with Gasteiger partial charge in [0.25, 0.3) is 0 Å². The Morgan fingerprint density at radius 1 is 1.08 bits per heavy atom. The van der Waals surface area contributed by atoms with Crippen molar-refractivity contribution < 1.29 is 4.92 Å². The average Bonchev–Trinajstić information content (AvgIpc) is 2.54. The fraction of sp³-hybridized carbons (Fsp3) is 0.750.